The molecule has 2 rings (SSSR count). The Morgan fingerprint density at radius 1 is 1.35 bits per heavy atom. The highest BCUT2D eigenvalue weighted by Gasteiger charge is 2.36. The number of benzene rings is 1. The number of hydrogen-bond acceptors (Lipinski definition) is 4. The maximum Gasteiger partial charge on any atom is 0.353 e. The molecule has 0 spiro atoms. The molecular formula is C11H9ClO4S. The fourth-order valence-corrected chi connectivity index (χ4v) is 2.84. The Morgan fingerprint density at radius 2 is 1.94 bits per heavy atom. The number of aryl methyl sites for hydroxylation is 1. The summed E-state index contributed by atoms with van der Waals surface area (Å²) in [4.78, 5) is 11.4. The Morgan fingerprint density at radius 3 is 2.41 bits per heavy atom. The van der Waals surface area contributed by atoms with Crippen LogP contribution < -0.4 is 0 Å². The minimum Gasteiger partial charge on any atom is -0.426 e. The minimum absolute atomic E-state index is 0.0967. The lowest BCUT2D eigenvalue weighted by Crippen LogP contribution is -2.13. The van der Waals surface area contributed by atoms with Crippen molar-refractivity contribution >= 4 is 28.4 Å². The van der Waals surface area contributed by atoms with Gasteiger partial charge in [0.25, 0.3) is 0 Å². The first-order valence-corrected chi connectivity index (χ1v) is 6.30. The van der Waals surface area contributed by atoms with Crippen molar-refractivity contribution in [3.8, 4) is 0 Å². The first kappa shape index (κ1) is 12.3. The second-order valence-corrected chi connectivity index (χ2v) is 5.34. The van der Waals surface area contributed by atoms with E-state index < -0.39 is 23.1 Å². The predicted molar refractivity (Wildman–Crippen MR) is 62.6 cm³/mol. The average molecular weight is 273 g/mol. The maximum absolute atomic E-state index is 12.1. The van der Waals surface area contributed by atoms with E-state index in [1.807, 2.05) is 6.92 Å². The molecule has 1 aromatic carbocycles. The molecule has 1 aliphatic rings. The fraction of sp³-hybridized carbons (Fsp3) is 0.182. The third kappa shape index (κ3) is 2.26. The molecule has 2 atom stereocenters. The number of rotatable bonds is 2. The fourth-order valence-electron chi connectivity index (χ4n) is 1.38. The predicted octanol–water partition coefficient (Wildman–Crippen LogP) is 1.43. The number of carbonyl (C=O) groups is 1. The Bertz CT molecular complexity index is 521. The van der Waals surface area contributed by atoms with E-state index in [0.717, 1.165) is 5.56 Å². The molecule has 0 bridgehead atoms. The third-order valence-corrected chi connectivity index (χ3v) is 4.25. The zero-order valence-corrected chi connectivity index (χ0v) is 10.4. The van der Waals surface area contributed by atoms with Gasteiger partial charge in [-0.25, -0.2) is 9.00 Å². The Labute approximate surface area is 105 Å². The molecule has 1 N–H and O–H groups in total. The number of halogens is 1. The summed E-state index contributed by atoms with van der Waals surface area (Å²) in [6.45, 7) is 1.90. The van der Waals surface area contributed by atoms with Crippen molar-refractivity contribution in [3.05, 3.63) is 39.8 Å². The molecule has 0 amide bonds. The van der Waals surface area contributed by atoms with Crippen LogP contribution in [0.1, 0.15) is 5.56 Å². The highest BCUT2D eigenvalue weighted by atomic mass is 35.5. The molecule has 6 heteroatoms. The van der Waals surface area contributed by atoms with Gasteiger partial charge in [0.2, 0.25) is 6.29 Å². The molecular weight excluding hydrogens is 264 g/mol. The molecule has 4 nitrogen and oxygen atoms in total. The lowest BCUT2D eigenvalue weighted by molar-refractivity contribution is -0.150. The molecule has 2 unspecified atom stereocenters. The molecule has 90 valence electrons. The van der Waals surface area contributed by atoms with Gasteiger partial charge in [0.15, 0.2) is 0 Å². The van der Waals surface area contributed by atoms with E-state index in [1.165, 1.54) is 0 Å². The van der Waals surface area contributed by atoms with E-state index in [0.29, 0.717) is 4.90 Å². The standard InChI is InChI=1S/C11H9ClO4S/c1-6-2-4-7(5-3-6)17(15)9-8(12)10(13)16-11(9)14/h2-5,11,14H,1H3. The summed E-state index contributed by atoms with van der Waals surface area (Å²) in [5.74, 6) is -0.852. The van der Waals surface area contributed by atoms with Gasteiger partial charge in [0.05, 0.1) is 10.8 Å². The van der Waals surface area contributed by atoms with Crippen LogP contribution in [0.4, 0.5) is 0 Å². The quantitative estimate of drug-likeness (QED) is 0.827. The number of aliphatic hydroxyl groups is 1. The zero-order chi connectivity index (χ0) is 12.6. The zero-order valence-electron chi connectivity index (χ0n) is 8.84. The van der Waals surface area contributed by atoms with Crippen molar-refractivity contribution < 1.29 is 18.8 Å². The van der Waals surface area contributed by atoms with Crippen LogP contribution in [0.25, 0.3) is 0 Å². The van der Waals surface area contributed by atoms with Crippen LogP contribution in [0.2, 0.25) is 0 Å². The van der Waals surface area contributed by atoms with Crippen LogP contribution in [-0.4, -0.2) is 21.6 Å². The number of ether oxygens (including phenoxy) is 1. The summed E-state index contributed by atoms with van der Waals surface area (Å²) in [5.41, 5.74) is 1.02. The van der Waals surface area contributed by atoms with Gasteiger partial charge in [-0.3, -0.25) is 0 Å². The van der Waals surface area contributed by atoms with Gasteiger partial charge in [-0.1, -0.05) is 29.3 Å². The molecule has 0 saturated carbocycles. The van der Waals surface area contributed by atoms with Crippen LogP contribution in [0.5, 0.6) is 0 Å². The molecule has 0 fully saturated rings. The normalized spacial score (nSPS) is 21.6. The average Bonchev–Trinajstić information content (AvgIpc) is 2.53. The molecule has 1 aliphatic heterocycles. The van der Waals surface area contributed by atoms with Crippen molar-refractivity contribution in [2.24, 2.45) is 0 Å². The van der Waals surface area contributed by atoms with Crippen molar-refractivity contribution in [2.75, 3.05) is 0 Å². The smallest absolute Gasteiger partial charge is 0.353 e. The van der Waals surface area contributed by atoms with Crippen LogP contribution >= 0.6 is 11.6 Å². The van der Waals surface area contributed by atoms with Crippen LogP contribution in [0.3, 0.4) is 0 Å². The SMILES string of the molecule is Cc1ccc(S(=O)C2=C(Cl)C(=O)OC2O)cc1. The molecule has 0 radical (unpaired) electrons. The number of carbonyl (C=O) groups excluding carboxylic acids is 1. The van der Waals surface area contributed by atoms with E-state index >= 15 is 0 Å². The number of cyclic esters (lactones) is 1. The molecule has 1 aromatic rings. The second kappa shape index (κ2) is 4.60. The largest absolute Gasteiger partial charge is 0.426 e. The van der Waals surface area contributed by atoms with Crippen molar-refractivity contribution in [1.82, 2.24) is 0 Å². The van der Waals surface area contributed by atoms with Gasteiger partial charge < -0.3 is 9.84 Å². The first-order chi connectivity index (χ1) is 8.00. The van der Waals surface area contributed by atoms with Gasteiger partial charge in [-0.2, -0.15) is 0 Å². The first-order valence-electron chi connectivity index (χ1n) is 4.78. The van der Waals surface area contributed by atoms with Gasteiger partial charge >= 0.3 is 5.97 Å². The maximum atomic E-state index is 12.1. The number of hydrogen-bond donors (Lipinski definition) is 1. The number of esters is 1. The molecule has 0 aliphatic carbocycles. The van der Waals surface area contributed by atoms with Crippen molar-refractivity contribution in [2.45, 2.75) is 18.1 Å². The Kier molecular flexibility index (Phi) is 3.33. The molecule has 1 heterocycles. The lowest BCUT2D eigenvalue weighted by Gasteiger charge is -2.07. The van der Waals surface area contributed by atoms with Crippen LogP contribution in [-0.2, 0) is 20.3 Å². The number of aliphatic hydroxyl groups excluding tert-OH is 1. The summed E-state index contributed by atoms with van der Waals surface area (Å²) >= 11 is 5.65. The summed E-state index contributed by atoms with van der Waals surface area (Å²) < 4.78 is 16.6. The topological polar surface area (TPSA) is 63.6 Å². The van der Waals surface area contributed by atoms with Gasteiger partial charge in [-0.15, -0.1) is 0 Å². The summed E-state index contributed by atoms with van der Waals surface area (Å²) in [7, 11) is -1.70. The van der Waals surface area contributed by atoms with Crippen molar-refractivity contribution in [1.29, 1.82) is 0 Å². The van der Waals surface area contributed by atoms with Gasteiger partial charge in [0.1, 0.15) is 9.94 Å². The molecule has 0 saturated heterocycles. The van der Waals surface area contributed by atoms with E-state index in [4.69, 9.17) is 11.6 Å². The van der Waals surface area contributed by atoms with Crippen LogP contribution in [0, 0.1) is 6.92 Å². The molecule has 0 aromatic heterocycles. The van der Waals surface area contributed by atoms with Gasteiger partial charge in [-0.05, 0) is 19.1 Å². The monoisotopic (exact) mass is 272 g/mol. The van der Waals surface area contributed by atoms with Crippen molar-refractivity contribution in [3.63, 3.8) is 0 Å². The minimum atomic E-state index is -1.70. The van der Waals surface area contributed by atoms with E-state index in [-0.39, 0.29) is 9.94 Å². The van der Waals surface area contributed by atoms with E-state index in [2.05, 4.69) is 4.74 Å². The van der Waals surface area contributed by atoms with E-state index in [9.17, 15) is 14.1 Å². The highest BCUT2D eigenvalue weighted by Crippen LogP contribution is 2.30. The lowest BCUT2D eigenvalue weighted by atomic mass is 10.2. The third-order valence-electron chi connectivity index (χ3n) is 2.27. The molecule has 17 heavy (non-hydrogen) atoms. The Hall–Kier alpha value is -1.17. The summed E-state index contributed by atoms with van der Waals surface area (Å²) in [6, 6.07) is 6.87. The second-order valence-electron chi connectivity index (χ2n) is 3.52. The van der Waals surface area contributed by atoms with E-state index in [1.54, 1.807) is 24.3 Å². The van der Waals surface area contributed by atoms with Crippen LogP contribution in [0.15, 0.2) is 39.1 Å². The summed E-state index contributed by atoms with van der Waals surface area (Å²) in [6.07, 6.45) is -1.53. The summed E-state index contributed by atoms with van der Waals surface area (Å²) in [5, 5.41) is 9.13. The highest BCUT2D eigenvalue weighted by molar-refractivity contribution is 7.89. The van der Waals surface area contributed by atoms with Gasteiger partial charge in [0, 0.05) is 4.90 Å². The Balaban J connectivity index is 2.38.